The molecule has 1 N–H and O–H groups in total. The second-order valence-electron chi connectivity index (χ2n) is 7.62. The van der Waals surface area contributed by atoms with Gasteiger partial charge in [-0.3, -0.25) is 5.01 Å². The minimum Gasteiger partial charge on any atom is -0.507 e. The number of hydrogen-bond acceptors (Lipinski definition) is 6. The van der Waals surface area contributed by atoms with E-state index >= 15 is 0 Å². The summed E-state index contributed by atoms with van der Waals surface area (Å²) in [5.74, 6) is 0.270. The Hall–Kier alpha value is -3.54. The van der Waals surface area contributed by atoms with Crippen molar-refractivity contribution in [3.8, 4) is 5.75 Å². The molecule has 160 valence electrons. The number of hydrazone groups is 1. The van der Waals surface area contributed by atoms with Gasteiger partial charge in [0, 0.05) is 31.3 Å². The van der Waals surface area contributed by atoms with Gasteiger partial charge in [0.05, 0.1) is 17.4 Å². The number of aromatic hydroxyl groups is 1. The molecule has 4 rings (SSSR count). The van der Waals surface area contributed by atoms with Crippen molar-refractivity contribution in [3.63, 3.8) is 0 Å². The maximum Gasteiger partial charge on any atom is 0.348 e. The quantitative estimate of drug-likeness (QED) is 0.621. The molecule has 1 atom stereocenters. The van der Waals surface area contributed by atoms with Crippen LogP contribution in [0.25, 0.3) is 0 Å². The lowest BCUT2D eigenvalue weighted by Crippen LogP contribution is -2.22. The summed E-state index contributed by atoms with van der Waals surface area (Å²) in [4.78, 5) is 14.8. The number of aryl methyl sites for hydroxylation is 1. The maximum absolute atomic E-state index is 12.5. The third-order valence-electron chi connectivity index (χ3n) is 5.68. The molecule has 0 aliphatic carbocycles. The van der Waals surface area contributed by atoms with Gasteiger partial charge in [-0.05, 0) is 50.6 Å². The summed E-state index contributed by atoms with van der Waals surface area (Å²) in [6.45, 7) is 7.82. The van der Waals surface area contributed by atoms with E-state index in [0.717, 1.165) is 24.3 Å². The van der Waals surface area contributed by atoms with E-state index in [4.69, 9.17) is 9.52 Å². The predicted octanol–water partition coefficient (Wildman–Crippen LogP) is 4.86. The second-order valence-corrected chi connectivity index (χ2v) is 7.62. The molecule has 1 aliphatic rings. The summed E-state index contributed by atoms with van der Waals surface area (Å²) in [5, 5.41) is 17.1. The highest BCUT2D eigenvalue weighted by Crippen LogP contribution is 2.37. The lowest BCUT2D eigenvalue weighted by Gasteiger charge is -2.25. The Bertz CT molecular complexity index is 1130. The van der Waals surface area contributed by atoms with Crippen molar-refractivity contribution in [2.24, 2.45) is 5.10 Å². The first-order chi connectivity index (χ1) is 15.0. The van der Waals surface area contributed by atoms with E-state index in [0.29, 0.717) is 17.9 Å². The standard InChI is InChI=1S/C25H27N3O3/c1-4-27(5-2)19-13-11-18(12-14-19)22-16-21(24-23(29)15-17(3)31-25(24)30)26-28(22)20-9-7-6-8-10-20/h6-15,22,29H,4-5,16H2,1-3H3. The molecule has 6 nitrogen and oxygen atoms in total. The van der Waals surface area contributed by atoms with Crippen LogP contribution >= 0.6 is 0 Å². The summed E-state index contributed by atoms with van der Waals surface area (Å²) in [6.07, 6.45) is 0.487. The van der Waals surface area contributed by atoms with Crippen molar-refractivity contribution < 1.29 is 9.52 Å². The highest BCUT2D eigenvalue weighted by atomic mass is 16.4. The third-order valence-corrected chi connectivity index (χ3v) is 5.68. The van der Waals surface area contributed by atoms with E-state index in [2.05, 4.69) is 43.0 Å². The summed E-state index contributed by atoms with van der Waals surface area (Å²) in [6, 6.07) is 19.7. The van der Waals surface area contributed by atoms with Crippen molar-refractivity contribution >= 4 is 17.1 Å². The van der Waals surface area contributed by atoms with Crippen LogP contribution in [0.5, 0.6) is 5.75 Å². The molecule has 0 spiro atoms. The fourth-order valence-corrected chi connectivity index (χ4v) is 4.10. The Morgan fingerprint density at radius 1 is 1.10 bits per heavy atom. The zero-order valence-corrected chi connectivity index (χ0v) is 18.1. The summed E-state index contributed by atoms with van der Waals surface area (Å²) in [7, 11) is 0. The highest BCUT2D eigenvalue weighted by molar-refractivity contribution is 6.04. The smallest absolute Gasteiger partial charge is 0.348 e. The fourth-order valence-electron chi connectivity index (χ4n) is 4.10. The molecule has 1 aliphatic heterocycles. The lowest BCUT2D eigenvalue weighted by molar-refractivity contribution is 0.432. The van der Waals surface area contributed by atoms with Gasteiger partial charge in [-0.2, -0.15) is 5.10 Å². The van der Waals surface area contributed by atoms with E-state index in [1.54, 1.807) is 6.92 Å². The summed E-state index contributed by atoms with van der Waals surface area (Å²) < 4.78 is 5.23. The molecule has 0 amide bonds. The first kappa shape index (κ1) is 20.7. The van der Waals surface area contributed by atoms with Gasteiger partial charge in [0.2, 0.25) is 0 Å². The Balaban J connectivity index is 1.74. The van der Waals surface area contributed by atoms with Crippen molar-refractivity contribution in [1.82, 2.24) is 0 Å². The number of hydrogen-bond donors (Lipinski definition) is 1. The van der Waals surface area contributed by atoms with Crippen LogP contribution in [0.3, 0.4) is 0 Å². The molecule has 0 saturated heterocycles. The van der Waals surface area contributed by atoms with E-state index < -0.39 is 5.63 Å². The molecule has 1 unspecified atom stereocenters. The van der Waals surface area contributed by atoms with Gasteiger partial charge in [0.15, 0.2) is 0 Å². The van der Waals surface area contributed by atoms with Gasteiger partial charge in [-0.25, -0.2) is 4.79 Å². The largest absolute Gasteiger partial charge is 0.507 e. The van der Waals surface area contributed by atoms with Gasteiger partial charge in [0.1, 0.15) is 17.1 Å². The first-order valence-electron chi connectivity index (χ1n) is 10.6. The Labute approximate surface area is 182 Å². The summed E-state index contributed by atoms with van der Waals surface area (Å²) in [5.41, 5.74) is 3.28. The van der Waals surface area contributed by atoms with E-state index in [1.165, 1.54) is 11.8 Å². The average Bonchev–Trinajstić information content (AvgIpc) is 3.20. The number of rotatable bonds is 6. The predicted molar refractivity (Wildman–Crippen MR) is 124 cm³/mol. The molecule has 3 aromatic rings. The number of anilines is 2. The Kier molecular flexibility index (Phi) is 5.80. The topological polar surface area (TPSA) is 69.3 Å². The van der Waals surface area contributed by atoms with Crippen molar-refractivity contribution in [2.45, 2.75) is 33.2 Å². The monoisotopic (exact) mass is 417 g/mol. The van der Waals surface area contributed by atoms with Gasteiger partial charge in [0.25, 0.3) is 0 Å². The molecule has 1 aromatic heterocycles. The first-order valence-corrected chi connectivity index (χ1v) is 10.6. The van der Waals surface area contributed by atoms with Gasteiger partial charge < -0.3 is 14.4 Å². The van der Waals surface area contributed by atoms with Crippen LogP contribution in [0, 0.1) is 6.92 Å². The van der Waals surface area contributed by atoms with Gasteiger partial charge in [-0.15, -0.1) is 0 Å². The average molecular weight is 418 g/mol. The Morgan fingerprint density at radius 3 is 2.39 bits per heavy atom. The second kappa shape index (κ2) is 8.68. The van der Waals surface area contributed by atoms with Gasteiger partial charge >= 0.3 is 5.63 Å². The van der Waals surface area contributed by atoms with Crippen molar-refractivity contribution in [1.29, 1.82) is 0 Å². The normalized spacial score (nSPS) is 15.8. The van der Waals surface area contributed by atoms with Crippen LogP contribution in [0.2, 0.25) is 0 Å². The minimum atomic E-state index is -0.568. The number of benzene rings is 2. The molecule has 6 heteroatoms. The van der Waals surface area contributed by atoms with Gasteiger partial charge in [-0.1, -0.05) is 30.3 Å². The number of nitrogens with zero attached hydrogens (tertiary/aromatic N) is 3. The van der Waals surface area contributed by atoms with Crippen LogP contribution in [-0.2, 0) is 0 Å². The minimum absolute atomic E-state index is 0.0942. The zero-order valence-electron chi connectivity index (χ0n) is 18.1. The molecule has 0 radical (unpaired) electrons. The van der Waals surface area contributed by atoms with Crippen LogP contribution in [-0.4, -0.2) is 23.9 Å². The molecular weight excluding hydrogens is 390 g/mol. The number of para-hydroxylation sites is 1. The van der Waals surface area contributed by atoms with E-state index in [-0.39, 0.29) is 17.4 Å². The van der Waals surface area contributed by atoms with E-state index in [1.807, 2.05) is 35.3 Å². The molecule has 2 aromatic carbocycles. The molecule has 2 heterocycles. The SMILES string of the molecule is CCN(CC)c1ccc(C2CC(c3c(O)cc(C)oc3=O)=NN2c2ccccc2)cc1. The molecule has 0 saturated carbocycles. The fraction of sp³-hybridized carbons (Fsp3) is 0.280. The lowest BCUT2D eigenvalue weighted by atomic mass is 9.98. The Morgan fingerprint density at radius 2 is 1.77 bits per heavy atom. The van der Waals surface area contributed by atoms with Crippen molar-refractivity contribution in [3.05, 3.63) is 88.0 Å². The summed E-state index contributed by atoms with van der Waals surface area (Å²) >= 11 is 0. The van der Waals surface area contributed by atoms with Crippen LogP contribution in [0.1, 0.15) is 43.2 Å². The highest BCUT2D eigenvalue weighted by Gasteiger charge is 2.32. The van der Waals surface area contributed by atoms with E-state index in [9.17, 15) is 9.90 Å². The third kappa shape index (κ3) is 4.06. The maximum atomic E-state index is 12.5. The molecule has 0 bridgehead atoms. The zero-order chi connectivity index (χ0) is 22.0. The van der Waals surface area contributed by atoms with Crippen LogP contribution in [0.4, 0.5) is 11.4 Å². The van der Waals surface area contributed by atoms with Crippen LogP contribution in [0.15, 0.2) is 75.0 Å². The van der Waals surface area contributed by atoms with Crippen LogP contribution < -0.4 is 15.5 Å². The van der Waals surface area contributed by atoms with Crippen molar-refractivity contribution in [2.75, 3.05) is 23.0 Å². The molecule has 0 fully saturated rings. The molecular formula is C25H27N3O3. The molecule has 31 heavy (non-hydrogen) atoms.